The summed E-state index contributed by atoms with van der Waals surface area (Å²) in [5.74, 6) is -5.57. The van der Waals surface area contributed by atoms with Crippen LogP contribution in [-0.2, 0) is 44.9 Å². The van der Waals surface area contributed by atoms with E-state index in [0.717, 1.165) is 19.2 Å². The van der Waals surface area contributed by atoms with Crippen LogP contribution in [0.3, 0.4) is 0 Å². The van der Waals surface area contributed by atoms with Crippen LogP contribution in [0, 0.1) is 5.92 Å². The molecule has 20 heteroatoms. The lowest BCUT2D eigenvalue weighted by Crippen LogP contribution is -2.59. The second-order valence-corrected chi connectivity index (χ2v) is 18.6. The third-order valence-electron chi connectivity index (χ3n) is 12.1. The molecule has 328 valence electrons. The maximum Gasteiger partial charge on any atom is 0.416 e. The Morgan fingerprint density at radius 1 is 1.02 bits per heavy atom. The van der Waals surface area contributed by atoms with Crippen molar-refractivity contribution < 1.29 is 59.5 Å². The smallest absolute Gasteiger partial charge is 0.416 e. The van der Waals surface area contributed by atoms with Gasteiger partial charge in [-0.05, 0) is 69.7 Å². The van der Waals surface area contributed by atoms with Crippen LogP contribution in [0.4, 0.5) is 13.2 Å². The number of aromatic nitrogens is 2. The number of carbonyl (C=O) groups is 5. The maximum atomic E-state index is 14.6. The highest BCUT2D eigenvalue weighted by Crippen LogP contribution is 2.48. The predicted octanol–water partition coefficient (Wildman–Crippen LogP) is 4.46. The molecule has 8 rings (SSSR count). The van der Waals surface area contributed by atoms with E-state index in [1.807, 2.05) is 6.08 Å². The molecule has 0 radical (unpaired) electrons. The van der Waals surface area contributed by atoms with E-state index < -0.39 is 85.8 Å². The number of hydrogen-bond donors (Lipinski definition) is 3. The number of fused-ring (bicyclic) bond motifs is 5. The molecule has 0 spiro atoms. The van der Waals surface area contributed by atoms with Gasteiger partial charge in [0.1, 0.15) is 34.8 Å². The monoisotopic (exact) mass is 880 g/mol. The number of sulfonamides is 1. The summed E-state index contributed by atoms with van der Waals surface area (Å²) in [6, 6.07) is 8.47. The molecule has 2 saturated carbocycles. The van der Waals surface area contributed by atoms with E-state index in [9.17, 15) is 45.6 Å². The summed E-state index contributed by atoms with van der Waals surface area (Å²) in [5.41, 5.74) is -1.55. The number of amides is 4. The summed E-state index contributed by atoms with van der Waals surface area (Å²) in [6.07, 6.45) is 1.04. The third-order valence-corrected chi connectivity index (χ3v) is 14.2. The van der Waals surface area contributed by atoms with Crippen molar-refractivity contribution in [1.29, 1.82) is 0 Å². The minimum Gasteiger partial charge on any atom is -0.470 e. The van der Waals surface area contributed by atoms with Crippen LogP contribution in [0.5, 0.6) is 5.88 Å². The van der Waals surface area contributed by atoms with Gasteiger partial charge in [0.2, 0.25) is 27.4 Å². The van der Waals surface area contributed by atoms with E-state index in [2.05, 4.69) is 30.1 Å². The summed E-state index contributed by atoms with van der Waals surface area (Å²) in [4.78, 5) is 78.4. The number of halogens is 3. The van der Waals surface area contributed by atoms with E-state index in [0.29, 0.717) is 49.5 Å². The van der Waals surface area contributed by atoms with E-state index in [4.69, 9.17) is 9.15 Å². The molecule has 16 nitrogen and oxygen atoms in total. The third kappa shape index (κ3) is 8.18. The summed E-state index contributed by atoms with van der Waals surface area (Å²) < 4.78 is 85.0. The average molecular weight is 881 g/mol. The number of allylic oxidation sites excluding steroid dienone is 1. The first-order chi connectivity index (χ1) is 29.4. The minimum absolute atomic E-state index is 0.00387. The van der Waals surface area contributed by atoms with Crippen molar-refractivity contribution in [2.45, 2.75) is 99.4 Å². The van der Waals surface area contributed by atoms with Crippen molar-refractivity contribution in [2.24, 2.45) is 5.92 Å². The summed E-state index contributed by atoms with van der Waals surface area (Å²) in [7, 11) is -3.08. The first kappa shape index (κ1) is 42.6. The second-order valence-electron chi connectivity index (χ2n) is 16.4. The summed E-state index contributed by atoms with van der Waals surface area (Å²) >= 11 is 0. The molecule has 4 aromatic rings. The van der Waals surface area contributed by atoms with Crippen molar-refractivity contribution in [3.8, 4) is 17.3 Å². The molecule has 2 aliphatic carbocycles. The number of carbonyl (C=O) groups excluding carboxylic acids is 5. The molecule has 4 aliphatic rings. The van der Waals surface area contributed by atoms with Crippen LogP contribution < -0.4 is 20.1 Å². The van der Waals surface area contributed by atoms with Gasteiger partial charge in [-0.1, -0.05) is 49.3 Å². The number of nitrogens with one attached hydrogen (secondary N) is 3. The van der Waals surface area contributed by atoms with Gasteiger partial charge in [-0.25, -0.2) is 18.2 Å². The molecule has 1 saturated heterocycles. The Kier molecular flexibility index (Phi) is 11.0. The number of rotatable bonds is 7. The quantitative estimate of drug-likeness (QED) is 0.133. The van der Waals surface area contributed by atoms with Crippen LogP contribution in [0.15, 0.2) is 65.1 Å². The fraction of sp³-hybridized carbons (Fsp3) is 0.452. The molecule has 5 atom stereocenters. The highest BCUT2D eigenvalue weighted by Gasteiger charge is 2.63. The summed E-state index contributed by atoms with van der Waals surface area (Å²) in [5, 5.41) is 5.77. The predicted molar refractivity (Wildman–Crippen MR) is 214 cm³/mol. The van der Waals surface area contributed by atoms with Crippen molar-refractivity contribution in [3.63, 3.8) is 0 Å². The molecule has 2 aromatic carbocycles. The topological polar surface area (TPSA) is 216 Å². The summed E-state index contributed by atoms with van der Waals surface area (Å²) in [6.45, 7) is 1.25. The lowest BCUT2D eigenvalue weighted by atomic mass is 10.0. The Labute approximate surface area is 353 Å². The molecular weight excluding hydrogens is 838 g/mol. The van der Waals surface area contributed by atoms with E-state index in [1.54, 1.807) is 30.3 Å². The SMILES string of the molecule is COC(=O)C(=O)N[C@H]1CCCCC/C=C\[C@@H]2C[C@@]2(C(=O)NS(=O)(=O)C2(C)CC2)NC(=O)[C@@H]2C[C@@H](Oc3nc(-c4ccc(C(F)(F)F)cc4)nc4c3oc3ccccc34)CN2C1=O. The Morgan fingerprint density at radius 3 is 2.47 bits per heavy atom. The Morgan fingerprint density at radius 2 is 1.76 bits per heavy atom. The van der Waals surface area contributed by atoms with Gasteiger partial charge >= 0.3 is 18.1 Å². The number of esters is 1. The number of furan rings is 1. The highest BCUT2D eigenvalue weighted by molar-refractivity contribution is 7.91. The molecular formula is C42H43F3N6O10S. The molecule has 62 heavy (non-hydrogen) atoms. The first-order valence-electron chi connectivity index (χ1n) is 20.2. The Balaban J connectivity index is 1.15. The van der Waals surface area contributed by atoms with Crippen molar-refractivity contribution >= 4 is 61.7 Å². The van der Waals surface area contributed by atoms with Crippen molar-refractivity contribution in [1.82, 2.24) is 30.2 Å². The zero-order valence-corrected chi connectivity index (χ0v) is 34.4. The number of hydrogen-bond acceptors (Lipinski definition) is 12. The number of alkyl halides is 3. The van der Waals surface area contributed by atoms with Gasteiger partial charge < -0.3 is 29.4 Å². The van der Waals surface area contributed by atoms with Gasteiger partial charge in [-0.2, -0.15) is 18.2 Å². The average Bonchev–Trinajstić information content (AvgIpc) is 4.06. The molecule has 2 aromatic heterocycles. The van der Waals surface area contributed by atoms with E-state index in [1.165, 1.54) is 24.0 Å². The van der Waals surface area contributed by atoms with E-state index in [-0.39, 0.29) is 54.2 Å². The number of ether oxygens (including phenoxy) is 2. The van der Waals surface area contributed by atoms with Crippen molar-refractivity contribution in [3.05, 3.63) is 66.2 Å². The van der Waals surface area contributed by atoms with Crippen LogP contribution >= 0.6 is 0 Å². The molecule has 0 bridgehead atoms. The van der Waals surface area contributed by atoms with Crippen LogP contribution in [0.25, 0.3) is 33.5 Å². The van der Waals surface area contributed by atoms with Gasteiger partial charge in [0.15, 0.2) is 5.82 Å². The van der Waals surface area contributed by atoms with Crippen LogP contribution in [0.2, 0.25) is 0 Å². The standard InChI is InChI=1S/C42H43F3N6O10S/c1-40(18-19-40)62(57,58)50-39(56)41-21-25(41)10-6-4-3-5-7-12-28(46-35(53)38(55)59-2)37(54)51-22-26(20-29(51)34(52)49-41)60-36-32-31(27-11-8-9-13-30(27)61-32)47-33(48-36)23-14-16-24(17-15-23)42(43,44)45/h6,8-11,13-17,25-26,28-29H,3-5,7,12,18-22H2,1-2H3,(H,46,53)(H,49,52)(H,50,56)/b10-6-/t25-,26-,28+,29+,41-/m1/s1. The fourth-order valence-electron chi connectivity index (χ4n) is 8.00. The Hall–Kier alpha value is -6.05. The van der Waals surface area contributed by atoms with Crippen molar-refractivity contribution in [2.75, 3.05) is 13.7 Å². The maximum absolute atomic E-state index is 14.6. The number of benzene rings is 2. The fourth-order valence-corrected chi connectivity index (χ4v) is 9.31. The van der Waals surface area contributed by atoms with Gasteiger partial charge in [0.05, 0.1) is 24.0 Å². The van der Waals surface area contributed by atoms with Gasteiger partial charge in [0, 0.05) is 23.3 Å². The highest BCUT2D eigenvalue weighted by atomic mass is 32.2. The molecule has 0 unspecified atom stereocenters. The normalized spacial score (nSPS) is 25.7. The number of para-hydroxylation sites is 1. The Bertz CT molecular complexity index is 2610. The van der Waals surface area contributed by atoms with Crippen LogP contribution in [0.1, 0.15) is 70.3 Å². The second kappa shape index (κ2) is 16.0. The lowest BCUT2D eigenvalue weighted by Gasteiger charge is -2.29. The molecule has 4 heterocycles. The minimum atomic E-state index is -4.59. The van der Waals surface area contributed by atoms with Crippen LogP contribution in [-0.4, -0.2) is 95.0 Å². The largest absolute Gasteiger partial charge is 0.470 e. The van der Waals surface area contributed by atoms with Gasteiger partial charge in [-0.3, -0.25) is 23.9 Å². The first-order valence-corrected chi connectivity index (χ1v) is 21.7. The lowest BCUT2D eigenvalue weighted by molar-refractivity contribution is -0.154. The number of methoxy groups -OCH3 is 1. The van der Waals surface area contributed by atoms with Gasteiger partial charge in [0.25, 0.3) is 11.8 Å². The number of nitrogens with zero attached hydrogens (tertiary/aromatic N) is 3. The van der Waals surface area contributed by atoms with Gasteiger partial charge in [-0.15, -0.1) is 0 Å². The van der Waals surface area contributed by atoms with E-state index >= 15 is 0 Å². The molecule has 2 aliphatic heterocycles. The molecule has 3 N–H and O–H groups in total. The zero-order valence-electron chi connectivity index (χ0n) is 33.6. The molecule has 4 amide bonds. The molecule has 3 fully saturated rings. The zero-order chi connectivity index (χ0) is 44.2.